The second kappa shape index (κ2) is 9.27. The summed E-state index contributed by atoms with van der Waals surface area (Å²) in [6.45, 7) is 0.556. The fourth-order valence-electron chi connectivity index (χ4n) is 3.35. The molecule has 1 aliphatic rings. The average Bonchev–Trinajstić information content (AvgIpc) is 3.15. The number of anilines is 1. The number of hydrogen-bond acceptors (Lipinski definition) is 6. The number of benzene rings is 1. The van der Waals surface area contributed by atoms with E-state index in [0.717, 1.165) is 11.1 Å². The van der Waals surface area contributed by atoms with E-state index in [-0.39, 0.29) is 24.9 Å². The smallest absolute Gasteiger partial charge is 0.323 e. The lowest BCUT2D eigenvalue weighted by molar-refractivity contribution is 0.0954. The lowest BCUT2D eigenvalue weighted by Crippen LogP contribution is -2.37. The Labute approximate surface area is 186 Å². The summed E-state index contributed by atoms with van der Waals surface area (Å²) in [6, 6.07) is 5.77. The van der Waals surface area contributed by atoms with Gasteiger partial charge in [-0.2, -0.15) is 0 Å². The average molecular weight is 463 g/mol. The van der Waals surface area contributed by atoms with Crippen molar-refractivity contribution < 1.29 is 19.4 Å². The molecule has 0 radical (unpaired) electrons. The van der Waals surface area contributed by atoms with E-state index in [4.69, 9.17) is 16.7 Å². The number of nitrogens with zero attached hydrogens (tertiary/aromatic N) is 3. The van der Waals surface area contributed by atoms with Crippen LogP contribution >= 0.6 is 22.9 Å². The quantitative estimate of drug-likeness (QED) is 0.537. The minimum absolute atomic E-state index is 0.273. The summed E-state index contributed by atoms with van der Waals surface area (Å²) in [5, 5.41) is 22.2. The van der Waals surface area contributed by atoms with E-state index in [1.807, 2.05) is 6.08 Å². The molecule has 3 heterocycles. The molecular formula is C21H20ClFN4O3S. The molecule has 0 spiro atoms. The number of aliphatic hydroxyl groups is 2. The number of aliphatic hydroxyl groups excluding tert-OH is 2. The van der Waals surface area contributed by atoms with E-state index in [2.05, 4.69) is 15.3 Å². The molecule has 4 rings (SSSR count). The Balaban J connectivity index is 1.40. The molecule has 0 aliphatic carbocycles. The van der Waals surface area contributed by atoms with Crippen LogP contribution in [0.15, 0.2) is 36.5 Å². The zero-order valence-corrected chi connectivity index (χ0v) is 18.0. The van der Waals surface area contributed by atoms with Crippen LogP contribution in [0.4, 0.5) is 14.3 Å². The minimum atomic E-state index is -0.848. The van der Waals surface area contributed by atoms with Gasteiger partial charge >= 0.3 is 6.03 Å². The first-order valence-electron chi connectivity index (χ1n) is 9.67. The fourth-order valence-corrected chi connectivity index (χ4v) is 4.54. The summed E-state index contributed by atoms with van der Waals surface area (Å²) in [5.74, 6) is -0.340. The number of thiazole rings is 1. The first-order valence-corrected chi connectivity index (χ1v) is 10.9. The molecule has 162 valence electrons. The number of rotatable bonds is 5. The SMILES string of the molecule is O=C(Nc1nc2ccc(F)cc2s1)N1CC=C(c2ncc(C[C@@H](O)CO)cc2Cl)CC1. The lowest BCUT2D eigenvalue weighted by atomic mass is 10.0. The number of aromatic nitrogens is 2. The number of nitrogens with one attached hydrogen (secondary N) is 1. The highest BCUT2D eigenvalue weighted by Crippen LogP contribution is 2.29. The number of carbonyl (C=O) groups excluding carboxylic acids is 1. The molecule has 3 aromatic rings. The molecule has 0 unspecified atom stereocenters. The third kappa shape index (κ3) is 5.01. The van der Waals surface area contributed by atoms with Crippen LogP contribution < -0.4 is 5.32 Å². The van der Waals surface area contributed by atoms with Crippen molar-refractivity contribution in [1.82, 2.24) is 14.9 Å². The van der Waals surface area contributed by atoms with Gasteiger partial charge in [-0.05, 0) is 41.8 Å². The fraction of sp³-hybridized carbons (Fsp3) is 0.286. The summed E-state index contributed by atoms with van der Waals surface area (Å²) in [6.07, 6.45) is 3.56. The van der Waals surface area contributed by atoms with E-state index in [0.29, 0.717) is 45.6 Å². The van der Waals surface area contributed by atoms with Crippen molar-refractivity contribution in [2.24, 2.45) is 0 Å². The monoisotopic (exact) mass is 462 g/mol. The van der Waals surface area contributed by atoms with Crippen LogP contribution in [0.5, 0.6) is 0 Å². The van der Waals surface area contributed by atoms with Gasteiger partial charge in [0.2, 0.25) is 0 Å². The molecule has 7 nitrogen and oxygen atoms in total. The highest BCUT2D eigenvalue weighted by Gasteiger charge is 2.21. The molecule has 0 saturated carbocycles. The van der Waals surface area contributed by atoms with Crippen molar-refractivity contribution in [2.45, 2.75) is 18.9 Å². The molecule has 1 aromatic carbocycles. The Morgan fingerprint density at radius 2 is 2.23 bits per heavy atom. The van der Waals surface area contributed by atoms with E-state index >= 15 is 0 Å². The molecule has 10 heteroatoms. The Morgan fingerprint density at radius 3 is 2.94 bits per heavy atom. The predicted molar refractivity (Wildman–Crippen MR) is 119 cm³/mol. The van der Waals surface area contributed by atoms with Crippen LogP contribution in [-0.2, 0) is 6.42 Å². The number of pyridine rings is 1. The number of halogens is 2. The molecule has 2 amide bonds. The summed E-state index contributed by atoms with van der Waals surface area (Å²) < 4.78 is 14.0. The van der Waals surface area contributed by atoms with Gasteiger partial charge < -0.3 is 15.1 Å². The van der Waals surface area contributed by atoms with Gasteiger partial charge in [0.1, 0.15) is 5.82 Å². The second-order valence-corrected chi connectivity index (χ2v) is 8.64. The van der Waals surface area contributed by atoms with Crippen LogP contribution in [-0.4, -0.2) is 56.9 Å². The maximum absolute atomic E-state index is 13.3. The van der Waals surface area contributed by atoms with Gasteiger partial charge in [0.25, 0.3) is 0 Å². The third-order valence-corrected chi connectivity index (χ3v) is 6.17. The maximum atomic E-state index is 13.3. The highest BCUT2D eigenvalue weighted by molar-refractivity contribution is 7.22. The Hall–Kier alpha value is -2.59. The summed E-state index contributed by atoms with van der Waals surface area (Å²) >= 11 is 7.60. The zero-order chi connectivity index (χ0) is 22.0. The molecule has 1 atom stereocenters. The van der Waals surface area contributed by atoms with Gasteiger partial charge in [0.05, 0.1) is 33.6 Å². The first kappa shape index (κ1) is 21.6. The number of hydrogen-bond donors (Lipinski definition) is 3. The van der Waals surface area contributed by atoms with Gasteiger partial charge in [-0.25, -0.2) is 14.2 Å². The highest BCUT2D eigenvalue weighted by atomic mass is 35.5. The van der Waals surface area contributed by atoms with E-state index < -0.39 is 6.10 Å². The number of fused-ring (bicyclic) bond motifs is 1. The van der Waals surface area contributed by atoms with Gasteiger partial charge in [0, 0.05) is 25.7 Å². The predicted octanol–water partition coefficient (Wildman–Crippen LogP) is 3.70. The van der Waals surface area contributed by atoms with Crippen molar-refractivity contribution in [3.8, 4) is 0 Å². The zero-order valence-electron chi connectivity index (χ0n) is 16.4. The molecule has 2 aromatic heterocycles. The van der Waals surface area contributed by atoms with Crippen LogP contribution in [0.3, 0.4) is 0 Å². The van der Waals surface area contributed by atoms with Gasteiger partial charge in [0.15, 0.2) is 5.13 Å². The van der Waals surface area contributed by atoms with Crippen LogP contribution in [0.1, 0.15) is 17.7 Å². The summed E-state index contributed by atoms with van der Waals surface area (Å²) in [4.78, 5) is 23.0. The van der Waals surface area contributed by atoms with E-state index in [9.17, 15) is 14.3 Å². The molecule has 0 bridgehead atoms. The van der Waals surface area contributed by atoms with Crippen LogP contribution in [0.25, 0.3) is 15.8 Å². The standard InChI is InChI=1S/C21H20ClFN4O3S/c22-16-8-12(7-15(29)11-28)10-24-19(16)13-3-5-27(6-4-13)21(30)26-20-25-17-2-1-14(23)9-18(17)31-20/h1-3,8-10,15,28-29H,4-7,11H2,(H,25,26,30)/t15-/m1/s1. The van der Waals surface area contributed by atoms with Crippen LogP contribution in [0, 0.1) is 5.82 Å². The molecule has 0 saturated heterocycles. The summed E-state index contributed by atoms with van der Waals surface area (Å²) in [7, 11) is 0. The molecular weight excluding hydrogens is 443 g/mol. The Bertz CT molecular complexity index is 1150. The lowest BCUT2D eigenvalue weighted by Gasteiger charge is -2.26. The number of amides is 2. The van der Waals surface area contributed by atoms with Crippen LogP contribution in [0.2, 0.25) is 5.02 Å². The topological polar surface area (TPSA) is 98.6 Å². The van der Waals surface area contributed by atoms with Crippen molar-refractivity contribution in [3.63, 3.8) is 0 Å². The first-order chi connectivity index (χ1) is 14.9. The van der Waals surface area contributed by atoms with Crippen molar-refractivity contribution in [1.29, 1.82) is 0 Å². The normalized spacial score (nSPS) is 15.1. The number of urea groups is 1. The third-order valence-electron chi connectivity index (χ3n) is 4.94. The van der Waals surface area contributed by atoms with Gasteiger partial charge in [-0.15, -0.1) is 0 Å². The minimum Gasteiger partial charge on any atom is -0.394 e. The second-order valence-electron chi connectivity index (χ2n) is 7.20. The molecule has 0 fully saturated rings. The van der Waals surface area contributed by atoms with Crippen molar-refractivity contribution in [2.75, 3.05) is 25.0 Å². The maximum Gasteiger partial charge on any atom is 0.323 e. The number of carbonyl (C=O) groups is 1. The van der Waals surface area contributed by atoms with Gasteiger partial charge in [-0.3, -0.25) is 10.3 Å². The largest absolute Gasteiger partial charge is 0.394 e. The molecule has 31 heavy (non-hydrogen) atoms. The van der Waals surface area contributed by atoms with Crippen molar-refractivity contribution in [3.05, 3.63) is 58.6 Å². The molecule has 1 aliphatic heterocycles. The van der Waals surface area contributed by atoms with Gasteiger partial charge in [-0.1, -0.05) is 29.0 Å². The Morgan fingerprint density at radius 1 is 1.39 bits per heavy atom. The van der Waals surface area contributed by atoms with E-state index in [1.165, 1.54) is 23.5 Å². The Kier molecular flexibility index (Phi) is 6.47. The van der Waals surface area contributed by atoms with E-state index in [1.54, 1.807) is 23.2 Å². The molecule has 3 N–H and O–H groups in total. The van der Waals surface area contributed by atoms with Crippen molar-refractivity contribution >= 4 is 49.9 Å². The summed E-state index contributed by atoms with van der Waals surface area (Å²) in [5.41, 5.74) is 2.97.